The molecule has 16 heavy (non-hydrogen) atoms. The zero-order chi connectivity index (χ0) is 12.3. The third kappa shape index (κ3) is 2.42. The van der Waals surface area contributed by atoms with Crippen LogP contribution in [0, 0.1) is 0 Å². The third-order valence-corrected chi connectivity index (χ3v) is 1.99. The average Bonchev–Trinajstić information content (AvgIpc) is 2.25. The van der Waals surface area contributed by atoms with Gasteiger partial charge in [0.05, 0.1) is 18.2 Å². The second-order valence-electron chi connectivity index (χ2n) is 3.00. The number of alkyl halides is 3. The number of carbonyl (C=O) groups is 1. The van der Waals surface area contributed by atoms with Crippen molar-refractivity contribution in [2.45, 2.75) is 6.18 Å². The van der Waals surface area contributed by atoms with E-state index in [4.69, 9.17) is 0 Å². The van der Waals surface area contributed by atoms with Gasteiger partial charge in [-0.15, -0.1) is 0 Å². The lowest BCUT2D eigenvalue weighted by Crippen LogP contribution is -2.14. The van der Waals surface area contributed by atoms with E-state index < -0.39 is 23.3 Å². The topological polar surface area (TPSA) is 26.3 Å². The molecule has 5 heteroatoms. The van der Waals surface area contributed by atoms with Crippen LogP contribution in [-0.2, 0) is 10.9 Å². The van der Waals surface area contributed by atoms with Crippen molar-refractivity contribution in [3.63, 3.8) is 0 Å². The van der Waals surface area contributed by atoms with Gasteiger partial charge in [0.2, 0.25) is 0 Å². The molecule has 1 rings (SSSR count). The fourth-order valence-corrected chi connectivity index (χ4v) is 1.21. The molecule has 0 aliphatic heterocycles. The molecule has 0 saturated heterocycles. The Morgan fingerprint density at radius 1 is 1.44 bits per heavy atom. The number of esters is 1. The Labute approximate surface area is 90.3 Å². The first kappa shape index (κ1) is 12.3. The van der Waals surface area contributed by atoms with Crippen LogP contribution < -0.4 is 0 Å². The van der Waals surface area contributed by atoms with Crippen LogP contribution in [0.4, 0.5) is 13.2 Å². The van der Waals surface area contributed by atoms with E-state index in [-0.39, 0.29) is 0 Å². The van der Waals surface area contributed by atoms with Gasteiger partial charge in [0.15, 0.2) is 0 Å². The molecule has 0 heterocycles. The van der Waals surface area contributed by atoms with Crippen molar-refractivity contribution < 1.29 is 22.7 Å². The summed E-state index contributed by atoms with van der Waals surface area (Å²) in [6, 6.07) is 3.17. The first-order valence-electron chi connectivity index (χ1n) is 4.32. The molecule has 1 aromatic carbocycles. The molecule has 0 aliphatic carbocycles. The van der Waals surface area contributed by atoms with Crippen LogP contribution in [0.5, 0.6) is 0 Å². The van der Waals surface area contributed by atoms with Gasteiger partial charge in [-0.25, -0.2) is 4.79 Å². The molecular formula is C11H9F3O2. The molecule has 0 aromatic heterocycles. The molecule has 0 amide bonds. The number of rotatable bonds is 2. The second-order valence-corrected chi connectivity index (χ2v) is 3.00. The van der Waals surface area contributed by atoms with Gasteiger partial charge in [-0.3, -0.25) is 0 Å². The lowest BCUT2D eigenvalue weighted by Gasteiger charge is -2.11. The Balaban J connectivity index is 3.38. The van der Waals surface area contributed by atoms with Crippen molar-refractivity contribution in [3.05, 3.63) is 41.5 Å². The Kier molecular flexibility index (Phi) is 3.37. The SMILES string of the molecule is C=Cc1ccc(C(F)(F)F)c(C(=O)OC)c1. The van der Waals surface area contributed by atoms with E-state index in [1.165, 1.54) is 12.1 Å². The highest BCUT2D eigenvalue weighted by Gasteiger charge is 2.35. The van der Waals surface area contributed by atoms with Gasteiger partial charge in [-0.05, 0) is 17.7 Å². The molecule has 0 unspecified atom stereocenters. The van der Waals surface area contributed by atoms with Crippen LogP contribution in [0.1, 0.15) is 21.5 Å². The van der Waals surface area contributed by atoms with Crippen molar-refractivity contribution in [2.75, 3.05) is 7.11 Å². The normalized spacial score (nSPS) is 11.0. The van der Waals surface area contributed by atoms with Gasteiger partial charge in [0.1, 0.15) is 0 Å². The fraction of sp³-hybridized carbons (Fsp3) is 0.182. The number of benzene rings is 1. The standard InChI is InChI=1S/C11H9F3O2/c1-3-7-4-5-9(11(12,13)14)8(6-7)10(15)16-2/h3-6H,1H2,2H3. The molecule has 0 N–H and O–H groups in total. The molecule has 0 radical (unpaired) electrons. The van der Waals surface area contributed by atoms with Gasteiger partial charge in [-0.1, -0.05) is 18.7 Å². The van der Waals surface area contributed by atoms with Crippen LogP contribution >= 0.6 is 0 Å². The lowest BCUT2D eigenvalue weighted by atomic mass is 10.0. The van der Waals surface area contributed by atoms with Crippen LogP contribution in [0.2, 0.25) is 0 Å². The Morgan fingerprint density at radius 3 is 2.50 bits per heavy atom. The van der Waals surface area contributed by atoms with E-state index in [1.54, 1.807) is 0 Å². The van der Waals surface area contributed by atoms with Gasteiger partial charge < -0.3 is 4.74 Å². The Morgan fingerprint density at radius 2 is 2.06 bits per heavy atom. The van der Waals surface area contributed by atoms with E-state index in [2.05, 4.69) is 11.3 Å². The minimum atomic E-state index is -4.58. The van der Waals surface area contributed by atoms with E-state index in [0.29, 0.717) is 5.56 Å². The van der Waals surface area contributed by atoms with Gasteiger partial charge in [0, 0.05) is 0 Å². The van der Waals surface area contributed by atoms with E-state index in [1.807, 2.05) is 0 Å². The van der Waals surface area contributed by atoms with E-state index >= 15 is 0 Å². The minimum absolute atomic E-state index is 0.424. The van der Waals surface area contributed by atoms with Gasteiger partial charge in [-0.2, -0.15) is 13.2 Å². The minimum Gasteiger partial charge on any atom is -0.465 e. The predicted octanol–water partition coefficient (Wildman–Crippen LogP) is 3.14. The molecular weight excluding hydrogens is 221 g/mol. The Bertz CT molecular complexity index is 422. The van der Waals surface area contributed by atoms with E-state index in [0.717, 1.165) is 19.2 Å². The van der Waals surface area contributed by atoms with Gasteiger partial charge in [0.25, 0.3) is 0 Å². The first-order valence-corrected chi connectivity index (χ1v) is 4.32. The number of hydrogen-bond acceptors (Lipinski definition) is 2. The quantitative estimate of drug-likeness (QED) is 0.729. The highest BCUT2D eigenvalue weighted by atomic mass is 19.4. The molecule has 1 aromatic rings. The zero-order valence-corrected chi connectivity index (χ0v) is 8.47. The maximum absolute atomic E-state index is 12.5. The third-order valence-electron chi connectivity index (χ3n) is 1.99. The number of methoxy groups -OCH3 is 1. The van der Waals surface area contributed by atoms with Crippen LogP contribution in [0.15, 0.2) is 24.8 Å². The van der Waals surface area contributed by atoms with Crippen LogP contribution in [0.3, 0.4) is 0 Å². The van der Waals surface area contributed by atoms with Crippen LogP contribution in [-0.4, -0.2) is 13.1 Å². The summed E-state index contributed by atoms with van der Waals surface area (Å²) >= 11 is 0. The predicted molar refractivity (Wildman–Crippen MR) is 52.9 cm³/mol. The lowest BCUT2D eigenvalue weighted by molar-refractivity contribution is -0.138. The maximum Gasteiger partial charge on any atom is 0.417 e. The summed E-state index contributed by atoms with van der Waals surface area (Å²) < 4.78 is 41.9. The average molecular weight is 230 g/mol. The number of ether oxygens (including phenoxy) is 1. The first-order chi connectivity index (χ1) is 7.40. The summed E-state index contributed by atoms with van der Waals surface area (Å²) in [5, 5.41) is 0. The smallest absolute Gasteiger partial charge is 0.417 e. The molecule has 0 spiro atoms. The molecule has 0 bridgehead atoms. The Hall–Kier alpha value is -1.78. The van der Waals surface area contributed by atoms with Crippen molar-refractivity contribution in [1.82, 2.24) is 0 Å². The van der Waals surface area contributed by atoms with Crippen molar-refractivity contribution in [1.29, 1.82) is 0 Å². The summed E-state index contributed by atoms with van der Waals surface area (Å²) in [6.07, 6.45) is -3.23. The summed E-state index contributed by atoms with van der Waals surface area (Å²) in [7, 11) is 1.03. The molecule has 0 fully saturated rings. The zero-order valence-electron chi connectivity index (χ0n) is 8.47. The molecule has 0 aliphatic rings. The second kappa shape index (κ2) is 4.38. The maximum atomic E-state index is 12.5. The van der Waals surface area contributed by atoms with Crippen molar-refractivity contribution in [2.24, 2.45) is 0 Å². The summed E-state index contributed by atoms with van der Waals surface area (Å²) in [6.45, 7) is 3.42. The van der Waals surface area contributed by atoms with Crippen LogP contribution in [0.25, 0.3) is 6.08 Å². The molecule has 0 atom stereocenters. The molecule has 86 valence electrons. The van der Waals surface area contributed by atoms with Gasteiger partial charge >= 0.3 is 12.1 Å². The number of hydrogen-bond donors (Lipinski definition) is 0. The highest BCUT2D eigenvalue weighted by molar-refractivity contribution is 5.92. The largest absolute Gasteiger partial charge is 0.465 e. The monoisotopic (exact) mass is 230 g/mol. The summed E-state index contributed by atoms with van der Waals surface area (Å²) in [5.41, 5.74) is -1.09. The summed E-state index contributed by atoms with van der Waals surface area (Å²) in [4.78, 5) is 11.2. The fourth-order valence-electron chi connectivity index (χ4n) is 1.21. The number of carbonyl (C=O) groups excluding carboxylic acids is 1. The van der Waals surface area contributed by atoms with Crippen molar-refractivity contribution >= 4 is 12.0 Å². The highest BCUT2D eigenvalue weighted by Crippen LogP contribution is 2.32. The van der Waals surface area contributed by atoms with Crippen molar-refractivity contribution in [3.8, 4) is 0 Å². The molecule has 0 saturated carbocycles. The summed E-state index contributed by atoms with van der Waals surface area (Å²) in [5.74, 6) is -1.02. The number of halogens is 3. The molecule has 2 nitrogen and oxygen atoms in total. The van der Waals surface area contributed by atoms with E-state index in [9.17, 15) is 18.0 Å².